The molecule has 1 aromatic heterocycles. The number of aromatic nitrogens is 2. The first-order valence-corrected chi connectivity index (χ1v) is 5.96. The van der Waals surface area contributed by atoms with Crippen molar-refractivity contribution in [1.29, 1.82) is 0 Å². The van der Waals surface area contributed by atoms with Crippen LogP contribution in [0.1, 0.15) is 16.8 Å². The van der Waals surface area contributed by atoms with E-state index >= 15 is 0 Å². The highest BCUT2D eigenvalue weighted by atomic mass is 16.4. The first-order valence-electron chi connectivity index (χ1n) is 5.96. The fourth-order valence-electron chi connectivity index (χ4n) is 1.80. The lowest BCUT2D eigenvalue weighted by Gasteiger charge is -2.09. The number of benzene rings is 1. The maximum absolute atomic E-state index is 10.8. The van der Waals surface area contributed by atoms with Crippen molar-refractivity contribution in [1.82, 2.24) is 9.97 Å². The number of nitrogens with one attached hydrogen (secondary N) is 1. The molecule has 2 N–H and O–H groups in total. The number of carboxylic acids is 1. The van der Waals surface area contributed by atoms with Crippen molar-refractivity contribution < 1.29 is 9.90 Å². The van der Waals surface area contributed by atoms with Gasteiger partial charge in [-0.2, -0.15) is 0 Å². The number of hydrogen-bond donors (Lipinski definition) is 2. The largest absolute Gasteiger partial charge is 0.481 e. The van der Waals surface area contributed by atoms with Gasteiger partial charge in [0.1, 0.15) is 12.1 Å². The molecule has 0 spiro atoms. The minimum absolute atomic E-state index is 0.0284. The molecule has 0 saturated heterocycles. The van der Waals surface area contributed by atoms with Crippen LogP contribution in [0.15, 0.2) is 36.7 Å². The van der Waals surface area contributed by atoms with Gasteiger partial charge in [-0.25, -0.2) is 9.97 Å². The van der Waals surface area contributed by atoms with Gasteiger partial charge in [0.05, 0.1) is 6.42 Å². The Labute approximate surface area is 111 Å². The summed E-state index contributed by atoms with van der Waals surface area (Å²) >= 11 is 0. The highest BCUT2D eigenvalue weighted by molar-refractivity contribution is 5.70. The quantitative estimate of drug-likeness (QED) is 0.857. The maximum atomic E-state index is 10.8. The molecule has 0 atom stereocenters. The lowest BCUT2D eigenvalue weighted by Crippen LogP contribution is -2.08. The minimum atomic E-state index is -0.828. The zero-order valence-corrected chi connectivity index (χ0v) is 10.6. The second-order valence-electron chi connectivity index (χ2n) is 4.24. The van der Waals surface area contributed by atoms with Gasteiger partial charge in [0.15, 0.2) is 0 Å². The summed E-state index contributed by atoms with van der Waals surface area (Å²) in [6.07, 6.45) is 1.53. The Morgan fingerprint density at radius 2 is 2.00 bits per heavy atom. The third kappa shape index (κ3) is 3.77. The zero-order valence-electron chi connectivity index (χ0n) is 10.6. The number of carbonyl (C=O) groups is 1. The van der Waals surface area contributed by atoms with Crippen molar-refractivity contribution in [3.8, 4) is 0 Å². The molecule has 2 aromatic rings. The van der Waals surface area contributed by atoms with E-state index in [0.29, 0.717) is 6.54 Å². The van der Waals surface area contributed by atoms with Crippen molar-refractivity contribution in [3.05, 3.63) is 53.5 Å². The third-order valence-electron chi connectivity index (χ3n) is 2.72. The Kier molecular flexibility index (Phi) is 4.07. The number of aryl methyl sites for hydroxylation is 1. The molecule has 5 nitrogen and oxygen atoms in total. The summed E-state index contributed by atoms with van der Waals surface area (Å²) in [5, 5.41) is 12.0. The number of nitrogens with zero attached hydrogens (tertiary/aromatic N) is 2. The molecule has 0 unspecified atom stereocenters. The van der Waals surface area contributed by atoms with Crippen molar-refractivity contribution in [3.63, 3.8) is 0 Å². The van der Waals surface area contributed by atoms with Crippen LogP contribution in [0.3, 0.4) is 0 Å². The van der Waals surface area contributed by atoms with E-state index in [1.807, 2.05) is 37.3 Å². The average molecular weight is 257 g/mol. The molecule has 0 aliphatic rings. The van der Waals surface area contributed by atoms with Crippen LogP contribution in [0.25, 0.3) is 0 Å². The molecule has 1 aromatic carbocycles. The van der Waals surface area contributed by atoms with Crippen LogP contribution in [0, 0.1) is 6.92 Å². The summed E-state index contributed by atoms with van der Waals surface area (Å²) in [6.45, 7) is 2.44. The topological polar surface area (TPSA) is 75.1 Å². The van der Waals surface area contributed by atoms with Crippen molar-refractivity contribution in [2.24, 2.45) is 0 Å². The van der Waals surface area contributed by atoms with Gasteiger partial charge in [0, 0.05) is 18.3 Å². The molecule has 0 aliphatic heterocycles. The molecule has 0 bridgehead atoms. The maximum Gasteiger partial charge on any atom is 0.307 e. The molecular weight excluding hydrogens is 242 g/mol. The number of aliphatic carboxylic acids is 1. The molecular formula is C14H15N3O2. The summed E-state index contributed by atoms with van der Waals surface area (Å²) in [5.41, 5.74) is 2.66. The summed E-state index contributed by atoms with van der Waals surface area (Å²) in [5.74, 6) is -0.0945. The van der Waals surface area contributed by atoms with Crippen molar-refractivity contribution in [2.75, 3.05) is 5.32 Å². The molecule has 0 saturated carbocycles. The minimum Gasteiger partial charge on any atom is -0.481 e. The van der Waals surface area contributed by atoms with E-state index in [0.717, 1.165) is 22.6 Å². The Balaban J connectivity index is 2.09. The van der Waals surface area contributed by atoms with Crippen molar-refractivity contribution in [2.45, 2.75) is 19.9 Å². The second-order valence-corrected chi connectivity index (χ2v) is 4.24. The second kappa shape index (κ2) is 5.95. The van der Waals surface area contributed by atoms with E-state index in [1.54, 1.807) is 0 Å². The predicted molar refractivity (Wildman–Crippen MR) is 71.9 cm³/mol. The fourth-order valence-corrected chi connectivity index (χ4v) is 1.80. The van der Waals surface area contributed by atoms with E-state index < -0.39 is 5.97 Å². The number of carboxylic acid groups (broad SMARTS) is 1. The monoisotopic (exact) mass is 257 g/mol. The predicted octanol–water partition coefficient (Wildman–Crippen LogP) is 2.02. The Morgan fingerprint density at radius 1 is 1.26 bits per heavy atom. The van der Waals surface area contributed by atoms with Gasteiger partial charge in [-0.15, -0.1) is 0 Å². The molecule has 98 valence electrons. The van der Waals surface area contributed by atoms with E-state index in [9.17, 15) is 4.79 Å². The van der Waals surface area contributed by atoms with Gasteiger partial charge in [-0.3, -0.25) is 4.79 Å². The van der Waals surface area contributed by atoms with Crippen LogP contribution in [0.5, 0.6) is 0 Å². The Hall–Kier alpha value is -2.43. The van der Waals surface area contributed by atoms with E-state index in [-0.39, 0.29) is 6.42 Å². The van der Waals surface area contributed by atoms with Crippen LogP contribution in [0.4, 0.5) is 5.82 Å². The third-order valence-corrected chi connectivity index (χ3v) is 2.72. The first kappa shape index (κ1) is 13.0. The van der Waals surface area contributed by atoms with Gasteiger partial charge in [0.2, 0.25) is 0 Å². The molecule has 1 heterocycles. The molecule has 0 fully saturated rings. The van der Waals surface area contributed by atoms with Crippen LogP contribution < -0.4 is 5.32 Å². The van der Waals surface area contributed by atoms with Crippen LogP contribution in [-0.4, -0.2) is 21.0 Å². The lowest BCUT2D eigenvalue weighted by atomic mass is 10.0. The number of hydrogen-bond acceptors (Lipinski definition) is 4. The fraction of sp³-hybridized carbons (Fsp3) is 0.214. The van der Waals surface area contributed by atoms with Gasteiger partial charge in [-0.05, 0) is 18.1 Å². The SMILES string of the molecule is Cc1cc(NCc2ccccc2CC(=O)O)ncn1. The highest BCUT2D eigenvalue weighted by Crippen LogP contribution is 2.12. The molecule has 0 amide bonds. The van der Waals surface area contributed by atoms with E-state index in [4.69, 9.17) is 5.11 Å². The van der Waals surface area contributed by atoms with Crippen LogP contribution >= 0.6 is 0 Å². The van der Waals surface area contributed by atoms with Gasteiger partial charge < -0.3 is 10.4 Å². The van der Waals surface area contributed by atoms with Crippen LogP contribution in [-0.2, 0) is 17.8 Å². The number of anilines is 1. The average Bonchev–Trinajstić information content (AvgIpc) is 2.37. The number of rotatable bonds is 5. The Bertz CT molecular complexity index is 584. The summed E-state index contributed by atoms with van der Waals surface area (Å²) in [6, 6.07) is 9.33. The van der Waals surface area contributed by atoms with E-state index in [2.05, 4.69) is 15.3 Å². The summed E-state index contributed by atoms with van der Waals surface area (Å²) in [7, 11) is 0. The zero-order chi connectivity index (χ0) is 13.7. The first-order chi connectivity index (χ1) is 9.15. The molecule has 2 rings (SSSR count). The van der Waals surface area contributed by atoms with Gasteiger partial charge >= 0.3 is 5.97 Å². The van der Waals surface area contributed by atoms with Crippen molar-refractivity contribution >= 4 is 11.8 Å². The van der Waals surface area contributed by atoms with E-state index in [1.165, 1.54) is 6.33 Å². The highest BCUT2D eigenvalue weighted by Gasteiger charge is 2.06. The van der Waals surface area contributed by atoms with Crippen LogP contribution in [0.2, 0.25) is 0 Å². The Morgan fingerprint density at radius 3 is 2.68 bits per heavy atom. The molecule has 0 aliphatic carbocycles. The van der Waals surface area contributed by atoms with Gasteiger partial charge in [0.25, 0.3) is 0 Å². The normalized spacial score (nSPS) is 10.2. The standard InChI is InChI=1S/C14H15N3O2/c1-10-6-13(17-9-16-10)15-8-12-5-3-2-4-11(12)7-14(18)19/h2-6,9H,7-8H2,1H3,(H,18,19)(H,15,16,17). The van der Waals surface area contributed by atoms with Gasteiger partial charge in [-0.1, -0.05) is 24.3 Å². The molecule has 0 radical (unpaired) electrons. The molecule has 5 heteroatoms. The lowest BCUT2D eigenvalue weighted by molar-refractivity contribution is -0.136. The smallest absolute Gasteiger partial charge is 0.307 e. The summed E-state index contributed by atoms with van der Waals surface area (Å²) < 4.78 is 0. The molecule has 19 heavy (non-hydrogen) atoms. The summed E-state index contributed by atoms with van der Waals surface area (Å²) in [4.78, 5) is 18.9.